The Morgan fingerprint density at radius 2 is 2.12 bits per heavy atom. The predicted octanol–water partition coefficient (Wildman–Crippen LogP) is -1.02. The van der Waals surface area contributed by atoms with Gasteiger partial charge in [-0.15, -0.1) is 0 Å². The maximum Gasteiger partial charge on any atom is 0.318 e. The van der Waals surface area contributed by atoms with Gasteiger partial charge in [-0.3, -0.25) is 19.8 Å². The molecule has 0 saturated carbocycles. The molecule has 0 aromatic rings. The van der Waals surface area contributed by atoms with Crippen LogP contribution in [0, 0.1) is 5.92 Å². The number of aliphatic carboxylic acids is 1. The van der Waals surface area contributed by atoms with Gasteiger partial charge >= 0.3 is 12.0 Å². The highest BCUT2D eigenvalue weighted by Crippen LogP contribution is 2.18. The van der Waals surface area contributed by atoms with Gasteiger partial charge in [-0.05, 0) is 19.9 Å². The largest absolute Gasteiger partial charge is 0.481 e. The number of carbonyl (C=O) groups is 3. The van der Waals surface area contributed by atoms with E-state index in [0.717, 1.165) is 0 Å². The van der Waals surface area contributed by atoms with Crippen molar-refractivity contribution in [2.24, 2.45) is 11.7 Å². The lowest BCUT2D eigenvalue weighted by Crippen LogP contribution is -2.47. The molecule has 0 spiro atoms. The molecule has 4 N–H and O–H groups in total. The third-order valence-corrected chi connectivity index (χ3v) is 2.74. The summed E-state index contributed by atoms with van der Waals surface area (Å²) >= 11 is 0. The van der Waals surface area contributed by atoms with Crippen LogP contribution < -0.4 is 11.1 Å². The summed E-state index contributed by atoms with van der Waals surface area (Å²) < 4.78 is 0. The van der Waals surface area contributed by atoms with Crippen LogP contribution in [-0.2, 0) is 9.59 Å². The number of urea groups is 1. The molecule has 16 heavy (non-hydrogen) atoms. The van der Waals surface area contributed by atoms with Crippen LogP contribution in [0.2, 0.25) is 0 Å². The maximum atomic E-state index is 11.4. The van der Waals surface area contributed by atoms with Crippen molar-refractivity contribution in [3.63, 3.8) is 0 Å². The monoisotopic (exact) mass is 229 g/mol. The van der Waals surface area contributed by atoms with Gasteiger partial charge in [0.05, 0.1) is 12.0 Å². The average molecular weight is 229 g/mol. The van der Waals surface area contributed by atoms with E-state index >= 15 is 0 Å². The molecule has 1 fully saturated rings. The van der Waals surface area contributed by atoms with Crippen LogP contribution in [0.1, 0.15) is 13.3 Å². The first kappa shape index (κ1) is 12.4. The zero-order chi connectivity index (χ0) is 12.3. The summed E-state index contributed by atoms with van der Waals surface area (Å²) in [6.07, 6.45) is 0.517. The molecule has 0 aliphatic carbocycles. The van der Waals surface area contributed by atoms with Crippen molar-refractivity contribution in [1.29, 1.82) is 0 Å². The molecule has 0 radical (unpaired) electrons. The number of hydrogen-bond acceptors (Lipinski definition) is 4. The topological polar surface area (TPSA) is 113 Å². The summed E-state index contributed by atoms with van der Waals surface area (Å²) in [5.74, 6) is -1.80. The Bertz CT molecular complexity index is 318. The lowest BCUT2D eigenvalue weighted by molar-refractivity contribution is -0.141. The molecule has 0 aromatic carbocycles. The van der Waals surface area contributed by atoms with Crippen molar-refractivity contribution in [3.05, 3.63) is 0 Å². The minimum absolute atomic E-state index is 0.322. The van der Waals surface area contributed by atoms with Gasteiger partial charge in [0.15, 0.2) is 0 Å². The van der Waals surface area contributed by atoms with Crippen LogP contribution in [0.5, 0.6) is 0 Å². The zero-order valence-corrected chi connectivity index (χ0v) is 8.97. The van der Waals surface area contributed by atoms with E-state index in [-0.39, 0.29) is 0 Å². The second-order valence-electron chi connectivity index (χ2n) is 3.85. The fraction of sp³-hybridized carbons (Fsp3) is 0.667. The Balaban J connectivity index is 2.50. The third kappa shape index (κ3) is 2.93. The Morgan fingerprint density at radius 1 is 1.50 bits per heavy atom. The zero-order valence-electron chi connectivity index (χ0n) is 8.97. The van der Waals surface area contributed by atoms with E-state index in [4.69, 9.17) is 10.8 Å². The number of carboxylic acids is 1. The highest BCUT2D eigenvalue weighted by atomic mass is 16.4. The number of nitrogens with two attached hydrogens (primary N) is 1. The van der Waals surface area contributed by atoms with Crippen LogP contribution in [0.15, 0.2) is 0 Å². The number of carbonyl (C=O) groups excluding carboxylic acids is 2. The van der Waals surface area contributed by atoms with E-state index in [1.165, 1.54) is 0 Å². The molecule has 7 heteroatoms. The van der Waals surface area contributed by atoms with Crippen LogP contribution >= 0.6 is 0 Å². The van der Waals surface area contributed by atoms with Gasteiger partial charge in [0.1, 0.15) is 0 Å². The molecule has 0 bridgehead atoms. The lowest BCUT2D eigenvalue weighted by atomic mass is 10.1. The lowest BCUT2D eigenvalue weighted by Gasteiger charge is -2.22. The van der Waals surface area contributed by atoms with Crippen molar-refractivity contribution >= 4 is 17.9 Å². The minimum atomic E-state index is -0.897. The highest BCUT2D eigenvalue weighted by Gasteiger charge is 2.33. The van der Waals surface area contributed by atoms with Crippen LogP contribution in [0.4, 0.5) is 4.79 Å². The van der Waals surface area contributed by atoms with E-state index in [2.05, 4.69) is 0 Å². The summed E-state index contributed by atoms with van der Waals surface area (Å²) in [7, 11) is 0. The first-order valence-corrected chi connectivity index (χ1v) is 4.99. The summed E-state index contributed by atoms with van der Waals surface area (Å²) in [6, 6.07) is -1.44. The van der Waals surface area contributed by atoms with Gasteiger partial charge in [-0.25, -0.2) is 4.79 Å². The number of rotatable bonds is 3. The SMILES string of the molecule is CC(C(=O)NC(N)=O)N1CCC(C(=O)O)C1. The van der Waals surface area contributed by atoms with Crippen molar-refractivity contribution in [1.82, 2.24) is 10.2 Å². The molecular weight excluding hydrogens is 214 g/mol. The molecule has 2 atom stereocenters. The smallest absolute Gasteiger partial charge is 0.318 e. The minimum Gasteiger partial charge on any atom is -0.481 e. The average Bonchev–Trinajstić information content (AvgIpc) is 2.64. The number of primary amides is 1. The number of nitrogens with zero attached hydrogens (tertiary/aromatic N) is 1. The van der Waals surface area contributed by atoms with Crippen LogP contribution in [-0.4, -0.2) is 47.0 Å². The highest BCUT2D eigenvalue weighted by molar-refractivity contribution is 5.96. The Labute approximate surface area is 92.6 Å². The number of likely N-dealkylation sites (tertiary alicyclic amines) is 1. The second kappa shape index (κ2) is 4.93. The maximum absolute atomic E-state index is 11.4. The quantitative estimate of drug-likeness (QED) is 0.573. The molecule has 7 nitrogen and oxygen atoms in total. The number of amides is 3. The summed E-state index contributed by atoms with van der Waals surface area (Å²) in [4.78, 5) is 34.3. The standard InChI is InChI=1S/C9H15N3O4/c1-5(7(13)11-9(10)16)12-3-2-6(4-12)8(14)15/h5-6H,2-4H2,1H3,(H,14,15)(H3,10,11,13,16). The predicted molar refractivity (Wildman–Crippen MR) is 54.5 cm³/mol. The second-order valence-corrected chi connectivity index (χ2v) is 3.85. The fourth-order valence-electron chi connectivity index (χ4n) is 1.73. The van der Waals surface area contributed by atoms with Crippen LogP contribution in [0.3, 0.4) is 0 Å². The molecule has 3 amide bonds. The molecule has 90 valence electrons. The van der Waals surface area contributed by atoms with E-state index in [9.17, 15) is 14.4 Å². The van der Waals surface area contributed by atoms with Crippen molar-refractivity contribution in [2.75, 3.05) is 13.1 Å². The van der Waals surface area contributed by atoms with Gasteiger partial charge in [0, 0.05) is 6.54 Å². The molecule has 1 heterocycles. The fourth-order valence-corrected chi connectivity index (χ4v) is 1.73. The van der Waals surface area contributed by atoms with Gasteiger partial charge in [-0.2, -0.15) is 0 Å². The van der Waals surface area contributed by atoms with E-state index in [1.807, 2.05) is 5.32 Å². The number of imide groups is 1. The normalized spacial score (nSPS) is 22.7. The van der Waals surface area contributed by atoms with Gasteiger partial charge in [0.25, 0.3) is 0 Å². The van der Waals surface area contributed by atoms with E-state index in [1.54, 1.807) is 11.8 Å². The summed E-state index contributed by atoms with van der Waals surface area (Å²) in [5, 5.41) is 10.8. The molecule has 1 rings (SSSR count). The van der Waals surface area contributed by atoms with Crippen molar-refractivity contribution in [2.45, 2.75) is 19.4 Å². The molecule has 1 saturated heterocycles. The molecular formula is C9H15N3O4. The van der Waals surface area contributed by atoms with Gasteiger partial charge in [-0.1, -0.05) is 0 Å². The molecule has 1 aliphatic rings. The van der Waals surface area contributed by atoms with Crippen molar-refractivity contribution in [3.8, 4) is 0 Å². The van der Waals surface area contributed by atoms with Crippen molar-refractivity contribution < 1.29 is 19.5 Å². The van der Waals surface area contributed by atoms with E-state index in [0.29, 0.717) is 19.5 Å². The first-order chi connectivity index (χ1) is 7.41. The number of nitrogens with one attached hydrogen (secondary N) is 1. The number of carboxylic acid groups (broad SMARTS) is 1. The molecule has 2 unspecified atom stereocenters. The summed E-state index contributed by atoms with van der Waals surface area (Å²) in [5.41, 5.74) is 4.82. The number of hydrogen-bond donors (Lipinski definition) is 3. The van der Waals surface area contributed by atoms with E-state index < -0.39 is 29.9 Å². The van der Waals surface area contributed by atoms with Crippen LogP contribution in [0.25, 0.3) is 0 Å². The third-order valence-electron chi connectivity index (χ3n) is 2.74. The molecule has 0 aromatic heterocycles. The Hall–Kier alpha value is -1.63. The summed E-state index contributed by atoms with van der Waals surface area (Å²) in [6.45, 7) is 2.47. The van der Waals surface area contributed by atoms with Gasteiger partial charge in [0.2, 0.25) is 5.91 Å². The Kier molecular flexibility index (Phi) is 3.83. The Morgan fingerprint density at radius 3 is 2.56 bits per heavy atom. The van der Waals surface area contributed by atoms with Gasteiger partial charge < -0.3 is 10.8 Å². The first-order valence-electron chi connectivity index (χ1n) is 4.99. The molecule has 1 aliphatic heterocycles.